The number of nitrogens with one attached hydrogen (secondary N) is 2. The van der Waals surface area contributed by atoms with Gasteiger partial charge < -0.3 is 25.0 Å². The van der Waals surface area contributed by atoms with Gasteiger partial charge in [0.05, 0.1) is 19.3 Å². The molecule has 2 amide bonds. The summed E-state index contributed by atoms with van der Waals surface area (Å²) in [4.78, 5) is 52.8. The van der Waals surface area contributed by atoms with E-state index in [4.69, 9.17) is 14.6 Å². The van der Waals surface area contributed by atoms with Gasteiger partial charge in [-0.15, -0.1) is 0 Å². The van der Waals surface area contributed by atoms with Crippen molar-refractivity contribution in [2.24, 2.45) is 17.8 Å². The van der Waals surface area contributed by atoms with Crippen molar-refractivity contribution >= 4 is 17.8 Å². The summed E-state index contributed by atoms with van der Waals surface area (Å²) in [6, 6.07) is 1.18. The number of likely N-dealkylation sites (tertiary alicyclic amines) is 1. The molecule has 13 heteroatoms. The van der Waals surface area contributed by atoms with Crippen molar-refractivity contribution in [3.63, 3.8) is 0 Å². The summed E-state index contributed by atoms with van der Waals surface area (Å²) >= 11 is 0. The average molecular weight is 432 g/mol. The van der Waals surface area contributed by atoms with Gasteiger partial charge in [-0.3, -0.25) is 14.4 Å². The van der Waals surface area contributed by atoms with Gasteiger partial charge in [-0.1, -0.05) is 0 Å². The van der Waals surface area contributed by atoms with Crippen LogP contribution in [0.3, 0.4) is 0 Å². The second-order valence-electron chi connectivity index (χ2n) is 7.33. The number of fused-ring (bicyclic) bond motifs is 1. The molecule has 1 aromatic heterocycles. The summed E-state index contributed by atoms with van der Waals surface area (Å²) in [6.07, 6.45) is -5.08. The molecule has 3 N–H and O–H groups in total. The Morgan fingerprint density at radius 3 is 2.33 bits per heavy atom. The summed E-state index contributed by atoms with van der Waals surface area (Å²) in [5.74, 6) is -1.69. The number of aromatic nitrogens is 2. The third-order valence-corrected chi connectivity index (χ3v) is 5.09. The van der Waals surface area contributed by atoms with E-state index < -0.39 is 12.1 Å². The zero-order valence-electron chi connectivity index (χ0n) is 15.7. The van der Waals surface area contributed by atoms with Crippen LogP contribution < -0.4 is 10.9 Å². The maximum atomic E-state index is 12.2. The van der Waals surface area contributed by atoms with E-state index in [0.717, 1.165) is 0 Å². The lowest BCUT2D eigenvalue weighted by molar-refractivity contribution is -0.192. The molecule has 1 unspecified atom stereocenters. The topological polar surface area (TPSA) is 142 Å². The molecule has 3 aliphatic rings. The van der Waals surface area contributed by atoms with E-state index in [2.05, 4.69) is 15.3 Å². The number of hydrogen-bond donors (Lipinski definition) is 3. The quantitative estimate of drug-likeness (QED) is 0.587. The van der Waals surface area contributed by atoms with Crippen molar-refractivity contribution in [3.05, 3.63) is 27.9 Å². The number of aryl methyl sites for hydroxylation is 1. The zero-order valence-corrected chi connectivity index (χ0v) is 15.7. The number of aromatic amines is 1. The standard InChI is InChI=1S/C15H18N4O4.C2HF3O2/c1-7-16-11(2-12(20)17-7)15(22)19-3-8(4-19)18-14(21)13-9-5-23-6-10(9)13;3-2(4,5)1(6)7/h2,8-10,13H,3-6H2,1H3,(H,18,21)(H,16,17,20);(H,6,7)/t9-,10+,13?;. The van der Waals surface area contributed by atoms with Crippen LogP contribution >= 0.6 is 0 Å². The number of carboxylic acids is 1. The molecule has 3 fully saturated rings. The molecule has 2 saturated heterocycles. The summed E-state index contributed by atoms with van der Waals surface area (Å²) in [5, 5.41) is 10.1. The van der Waals surface area contributed by atoms with Gasteiger partial charge in [0.2, 0.25) is 5.91 Å². The lowest BCUT2D eigenvalue weighted by Crippen LogP contribution is -2.61. The molecule has 3 heterocycles. The number of H-pyrrole nitrogens is 1. The van der Waals surface area contributed by atoms with Crippen molar-refractivity contribution in [1.82, 2.24) is 20.2 Å². The number of rotatable bonds is 3. The van der Waals surface area contributed by atoms with Crippen LogP contribution in [0, 0.1) is 24.7 Å². The number of carbonyl (C=O) groups is 3. The summed E-state index contributed by atoms with van der Waals surface area (Å²) < 4.78 is 37.0. The normalized spacial score (nSPS) is 24.8. The third kappa shape index (κ3) is 4.78. The van der Waals surface area contributed by atoms with E-state index in [1.54, 1.807) is 11.8 Å². The Labute approximate surface area is 167 Å². The molecule has 2 aliphatic heterocycles. The van der Waals surface area contributed by atoms with Gasteiger partial charge in [0, 0.05) is 25.1 Å². The number of amides is 2. The van der Waals surface area contributed by atoms with Crippen LogP contribution in [0.4, 0.5) is 13.2 Å². The molecule has 0 radical (unpaired) electrons. The van der Waals surface area contributed by atoms with Gasteiger partial charge in [0.1, 0.15) is 11.5 Å². The smallest absolute Gasteiger partial charge is 0.475 e. The number of aliphatic carboxylic acids is 1. The number of ether oxygens (including phenoxy) is 1. The largest absolute Gasteiger partial charge is 0.490 e. The van der Waals surface area contributed by atoms with Crippen LogP contribution in [0.5, 0.6) is 0 Å². The Bertz CT molecular complexity index is 901. The highest BCUT2D eigenvalue weighted by atomic mass is 19.4. The number of halogens is 3. The predicted molar refractivity (Wildman–Crippen MR) is 92.4 cm³/mol. The molecule has 164 valence electrons. The van der Waals surface area contributed by atoms with Crippen LogP contribution in [0.2, 0.25) is 0 Å². The summed E-state index contributed by atoms with van der Waals surface area (Å²) in [5.41, 5.74) is -0.196. The van der Waals surface area contributed by atoms with E-state index >= 15 is 0 Å². The first-order valence-electron chi connectivity index (χ1n) is 9.03. The highest BCUT2D eigenvalue weighted by Gasteiger charge is 2.58. The molecule has 4 rings (SSSR count). The Morgan fingerprint density at radius 1 is 1.27 bits per heavy atom. The second-order valence-corrected chi connectivity index (χ2v) is 7.33. The second kappa shape index (κ2) is 8.05. The van der Waals surface area contributed by atoms with Crippen LogP contribution in [-0.4, -0.2) is 76.3 Å². The SMILES string of the molecule is Cc1nc(C(=O)N2CC(NC(=O)C3[C@H]4COC[C@@H]34)C2)cc(=O)[nH]1.O=C(O)C(F)(F)F. The van der Waals surface area contributed by atoms with Gasteiger partial charge in [0.25, 0.3) is 11.5 Å². The number of alkyl halides is 3. The number of nitrogens with zero attached hydrogens (tertiary/aromatic N) is 2. The van der Waals surface area contributed by atoms with E-state index in [0.29, 0.717) is 44.0 Å². The molecular weight excluding hydrogens is 413 g/mol. The Kier molecular flexibility index (Phi) is 5.83. The summed E-state index contributed by atoms with van der Waals surface area (Å²) in [6.45, 7) is 3.91. The highest BCUT2D eigenvalue weighted by Crippen LogP contribution is 2.50. The maximum Gasteiger partial charge on any atom is 0.490 e. The van der Waals surface area contributed by atoms with Gasteiger partial charge in [-0.25, -0.2) is 9.78 Å². The summed E-state index contributed by atoms with van der Waals surface area (Å²) in [7, 11) is 0. The number of carboxylic acid groups (broad SMARTS) is 1. The van der Waals surface area contributed by atoms with Gasteiger partial charge >= 0.3 is 12.1 Å². The van der Waals surface area contributed by atoms with Gasteiger partial charge in [-0.05, 0) is 18.8 Å². The van der Waals surface area contributed by atoms with Crippen molar-refractivity contribution in [1.29, 1.82) is 0 Å². The number of carbonyl (C=O) groups excluding carboxylic acids is 2. The van der Waals surface area contributed by atoms with Gasteiger partial charge in [0.15, 0.2) is 0 Å². The lowest BCUT2D eigenvalue weighted by atomic mass is 10.1. The molecule has 0 aromatic carbocycles. The Balaban J connectivity index is 0.000000318. The van der Waals surface area contributed by atoms with E-state index in [-0.39, 0.29) is 35.0 Å². The van der Waals surface area contributed by atoms with Crippen molar-refractivity contribution in [3.8, 4) is 0 Å². The van der Waals surface area contributed by atoms with Crippen molar-refractivity contribution in [2.75, 3.05) is 26.3 Å². The van der Waals surface area contributed by atoms with Crippen molar-refractivity contribution < 1.29 is 37.4 Å². The van der Waals surface area contributed by atoms with E-state index in [9.17, 15) is 27.6 Å². The Morgan fingerprint density at radius 2 is 1.83 bits per heavy atom. The minimum absolute atomic E-state index is 0.0169. The van der Waals surface area contributed by atoms with Crippen molar-refractivity contribution in [2.45, 2.75) is 19.1 Å². The minimum atomic E-state index is -5.08. The maximum absolute atomic E-state index is 12.2. The van der Waals surface area contributed by atoms with E-state index in [1.165, 1.54) is 6.07 Å². The Hall–Kier alpha value is -2.96. The van der Waals surface area contributed by atoms with Crippen LogP contribution in [0.1, 0.15) is 16.3 Å². The molecule has 30 heavy (non-hydrogen) atoms. The monoisotopic (exact) mass is 432 g/mol. The fraction of sp³-hybridized carbons (Fsp3) is 0.588. The molecule has 1 saturated carbocycles. The molecule has 10 nitrogen and oxygen atoms in total. The van der Waals surface area contributed by atoms with Crippen LogP contribution in [-0.2, 0) is 14.3 Å². The van der Waals surface area contributed by atoms with E-state index in [1.807, 2.05) is 0 Å². The zero-order chi connectivity index (χ0) is 22.2. The van der Waals surface area contributed by atoms with Gasteiger partial charge in [-0.2, -0.15) is 13.2 Å². The molecule has 0 spiro atoms. The fourth-order valence-electron chi connectivity index (χ4n) is 3.51. The first-order valence-corrected chi connectivity index (χ1v) is 9.03. The molecular formula is C17H19F3N4O6. The first-order chi connectivity index (χ1) is 14.0. The predicted octanol–water partition coefficient (Wildman–Crippen LogP) is -0.455. The molecule has 0 bridgehead atoms. The fourth-order valence-corrected chi connectivity index (χ4v) is 3.51. The van der Waals surface area contributed by atoms with Crippen LogP contribution in [0.15, 0.2) is 10.9 Å². The average Bonchev–Trinajstić information content (AvgIpc) is 3.08. The highest BCUT2D eigenvalue weighted by molar-refractivity contribution is 5.93. The molecule has 1 aromatic rings. The lowest BCUT2D eigenvalue weighted by Gasteiger charge is -2.39. The first kappa shape index (κ1) is 21.7. The minimum Gasteiger partial charge on any atom is -0.475 e. The van der Waals surface area contributed by atoms with Crippen LogP contribution in [0.25, 0.3) is 0 Å². The third-order valence-electron chi connectivity index (χ3n) is 5.09. The molecule has 3 atom stereocenters. The number of hydrogen-bond acceptors (Lipinski definition) is 6. The molecule has 1 aliphatic carbocycles.